The highest BCUT2D eigenvalue weighted by atomic mass is 16.3. The summed E-state index contributed by atoms with van der Waals surface area (Å²) in [6, 6.07) is 5.45. The highest BCUT2D eigenvalue weighted by Gasteiger charge is 2.14. The van der Waals surface area contributed by atoms with Crippen molar-refractivity contribution in [3.63, 3.8) is 0 Å². The summed E-state index contributed by atoms with van der Waals surface area (Å²) in [5.41, 5.74) is 3.57. The molecule has 1 aliphatic rings. The Bertz CT molecular complexity index is 604. The first-order valence-electron chi connectivity index (χ1n) is 6.89. The number of phenols is 1. The van der Waals surface area contributed by atoms with E-state index in [0.717, 1.165) is 24.0 Å². The van der Waals surface area contributed by atoms with Crippen molar-refractivity contribution in [2.24, 2.45) is 0 Å². The predicted octanol–water partition coefficient (Wildman–Crippen LogP) is 4.69. The van der Waals surface area contributed by atoms with Crippen LogP contribution in [0.3, 0.4) is 0 Å². The Balaban J connectivity index is 2.52. The van der Waals surface area contributed by atoms with Crippen molar-refractivity contribution in [3.05, 3.63) is 71.5 Å². The smallest absolute Gasteiger partial charge is 0.123 e. The molecule has 2 rings (SSSR count). The van der Waals surface area contributed by atoms with E-state index in [-0.39, 0.29) is 11.5 Å². The molecule has 0 saturated carbocycles. The lowest BCUT2D eigenvalue weighted by Gasteiger charge is -2.11. The maximum atomic E-state index is 10.2. The highest BCUT2D eigenvalue weighted by Crippen LogP contribution is 2.33. The zero-order valence-corrected chi connectivity index (χ0v) is 11.8. The van der Waals surface area contributed by atoms with Crippen molar-refractivity contribution >= 4 is 5.57 Å². The molecule has 104 valence electrons. The second-order valence-electron chi connectivity index (χ2n) is 4.86. The number of aromatic hydroxyl groups is 1. The molecule has 1 aromatic rings. The Morgan fingerprint density at radius 2 is 2.05 bits per heavy atom. The number of rotatable bonds is 4. The van der Waals surface area contributed by atoms with Gasteiger partial charge in [-0.05, 0) is 49.1 Å². The molecule has 0 spiro atoms. The maximum absolute atomic E-state index is 10.2. The Morgan fingerprint density at radius 3 is 2.75 bits per heavy atom. The van der Waals surface area contributed by atoms with Gasteiger partial charge in [0.25, 0.3) is 0 Å². The van der Waals surface area contributed by atoms with E-state index in [4.69, 9.17) is 0 Å². The minimum atomic E-state index is 0.182. The lowest BCUT2D eigenvalue weighted by Crippen LogP contribution is -1.93. The average molecular weight is 268 g/mol. The molecule has 0 fully saturated rings. The van der Waals surface area contributed by atoms with E-state index in [9.17, 15) is 10.2 Å². The van der Waals surface area contributed by atoms with E-state index in [1.807, 2.05) is 24.3 Å². The summed E-state index contributed by atoms with van der Waals surface area (Å²) < 4.78 is 0. The molecule has 2 heteroatoms. The van der Waals surface area contributed by atoms with Gasteiger partial charge in [0.2, 0.25) is 0 Å². The van der Waals surface area contributed by atoms with Gasteiger partial charge in [-0.2, -0.15) is 0 Å². The third-order valence-corrected chi connectivity index (χ3v) is 3.44. The second-order valence-corrected chi connectivity index (χ2v) is 4.86. The summed E-state index contributed by atoms with van der Waals surface area (Å²) in [5.74, 6) is 0.400. The Labute approximate surface area is 120 Å². The lowest BCUT2D eigenvalue weighted by molar-refractivity contribution is 0.433. The Kier molecular flexibility index (Phi) is 4.46. The van der Waals surface area contributed by atoms with Gasteiger partial charge < -0.3 is 10.2 Å². The monoisotopic (exact) mass is 268 g/mol. The molecule has 0 radical (unpaired) electrons. The van der Waals surface area contributed by atoms with Crippen LogP contribution in [0.5, 0.6) is 5.75 Å². The van der Waals surface area contributed by atoms with Crippen LogP contribution >= 0.6 is 0 Å². The van der Waals surface area contributed by atoms with Crippen LogP contribution in [-0.4, -0.2) is 10.2 Å². The number of phenolic OH excluding ortho intramolecular Hbond substituents is 1. The van der Waals surface area contributed by atoms with Crippen LogP contribution < -0.4 is 0 Å². The molecule has 0 saturated heterocycles. The number of aliphatic hydroxyl groups is 1. The first-order valence-corrected chi connectivity index (χ1v) is 6.89. The van der Waals surface area contributed by atoms with Gasteiger partial charge in [0.05, 0.1) is 0 Å². The van der Waals surface area contributed by atoms with Crippen LogP contribution in [0.1, 0.15) is 30.9 Å². The average Bonchev–Trinajstić information content (AvgIpc) is 2.63. The number of hydrogen-bond donors (Lipinski definition) is 2. The number of aliphatic hydroxyl groups excluding tert-OH is 1. The van der Waals surface area contributed by atoms with Crippen molar-refractivity contribution < 1.29 is 10.2 Å². The van der Waals surface area contributed by atoms with Gasteiger partial charge in [0.15, 0.2) is 0 Å². The molecule has 0 unspecified atom stereocenters. The summed E-state index contributed by atoms with van der Waals surface area (Å²) >= 11 is 0. The van der Waals surface area contributed by atoms with Gasteiger partial charge >= 0.3 is 0 Å². The van der Waals surface area contributed by atoms with Crippen molar-refractivity contribution in [2.45, 2.75) is 26.2 Å². The van der Waals surface area contributed by atoms with Crippen molar-refractivity contribution in [1.29, 1.82) is 0 Å². The molecule has 0 heterocycles. The molecule has 1 aromatic carbocycles. The van der Waals surface area contributed by atoms with Gasteiger partial charge in [-0.15, -0.1) is 6.58 Å². The van der Waals surface area contributed by atoms with E-state index >= 15 is 0 Å². The van der Waals surface area contributed by atoms with Gasteiger partial charge in [0, 0.05) is 11.1 Å². The fourth-order valence-electron chi connectivity index (χ4n) is 2.30. The van der Waals surface area contributed by atoms with Gasteiger partial charge in [-0.25, -0.2) is 0 Å². The van der Waals surface area contributed by atoms with E-state index < -0.39 is 0 Å². The standard InChI is InChI=1S/C18H20O2/c1-3-6-14-9-10-18(20)16(12-14)15-11-13(4-2)7-5-8-17(15)19/h3,7-12,19-20H,1,4-6H2,2H3. The summed E-state index contributed by atoms with van der Waals surface area (Å²) in [6.07, 6.45) is 9.99. The van der Waals surface area contributed by atoms with Crippen LogP contribution in [0.2, 0.25) is 0 Å². The van der Waals surface area contributed by atoms with Gasteiger partial charge in [-0.3, -0.25) is 0 Å². The summed E-state index contributed by atoms with van der Waals surface area (Å²) in [7, 11) is 0. The quantitative estimate of drug-likeness (QED) is 0.778. The zero-order chi connectivity index (χ0) is 14.5. The molecule has 2 N–H and O–H groups in total. The second kappa shape index (κ2) is 6.29. The minimum Gasteiger partial charge on any atom is -0.508 e. The number of allylic oxidation sites excluding steroid dienone is 6. The molecule has 0 amide bonds. The third-order valence-electron chi connectivity index (χ3n) is 3.44. The number of benzene rings is 1. The zero-order valence-electron chi connectivity index (χ0n) is 11.8. The van der Waals surface area contributed by atoms with Gasteiger partial charge in [-0.1, -0.05) is 30.7 Å². The molecule has 0 aliphatic heterocycles. The number of hydrogen-bond acceptors (Lipinski definition) is 2. The van der Waals surface area contributed by atoms with Gasteiger partial charge in [0.1, 0.15) is 11.5 Å². The molecule has 2 nitrogen and oxygen atoms in total. The van der Waals surface area contributed by atoms with Crippen LogP contribution in [0, 0.1) is 0 Å². The molecule has 1 aliphatic carbocycles. The summed E-state index contributed by atoms with van der Waals surface area (Å²) in [5, 5.41) is 20.3. The topological polar surface area (TPSA) is 40.5 Å². The van der Waals surface area contributed by atoms with E-state index in [2.05, 4.69) is 19.6 Å². The normalized spacial score (nSPS) is 14.9. The molecule has 20 heavy (non-hydrogen) atoms. The third kappa shape index (κ3) is 3.02. The van der Waals surface area contributed by atoms with Crippen LogP contribution in [0.15, 0.2) is 60.4 Å². The molecule has 0 aromatic heterocycles. The van der Waals surface area contributed by atoms with Crippen molar-refractivity contribution in [3.8, 4) is 5.75 Å². The Hall–Kier alpha value is -2.22. The summed E-state index contributed by atoms with van der Waals surface area (Å²) in [6.45, 7) is 5.81. The van der Waals surface area contributed by atoms with Crippen molar-refractivity contribution in [2.75, 3.05) is 0 Å². The molecule has 0 atom stereocenters. The molecular weight excluding hydrogens is 248 g/mol. The predicted molar refractivity (Wildman–Crippen MR) is 83.7 cm³/mol. The van der Waals surface area contributed by atoms with E-state index in [0.29, 0.717) is 17.6 Å². The van der Waals surface area contributed by atoms with E-state index in [1.54, 1.807) is 12.1 Å². The molecular formula is C18H20O2. The van der Waals surface area contributed by atoms with Crippen LogP contribution in [-0.2, 0) is 6.42 Å². The summed E-state index contributed by atoms with van der Waals surface area (Å²) in [4.78, 5) is 0. The van der Waals surface area contributed by atoms with Crippen molar-refractivity contribution in [1.82, 2.24) is 0 Å². The molecule has 0 bridgehead atoms. The lowest BCUT2D eigenvalue weighted by atomic mass is 9.97. The fraction of sp³-hybridized carbons (Fsp3) is 0.222. The fourth-order valence-corrected chi connectivity index (χ4v) is 2.30. The Morgan fingerprint density at radius 1 is 1.25 bits per heavy atom. The first kappa shape index (κ1) is 14.2. The van der Waals surface area contributed by atoms with E-state index in [1.165, 1.54) is 0 Å². The minimum absolute atomic E-state index is 0.182. The first-order chi connectivity index (χ1) is 9.65. The van der Waals surface area contributed by atoms with Crippen LogP contribution in [0.25, 0.3) is 5.57 Å². The maximum Gasteiger partial charge on any atom is 0.123 e. The SMILES string of the molecule is C=CCc1ccc(O)c(C2=CC(CC)=CCC=C2O)c1. The highest BCUT2D eigenvalue weighted by molar-refractivity contribution is 5.82. The largest absolute Gasteiger partial charge is 0.508 e. The van der Waals surface area contributed by atoms with Crippen LogP contribution in [0.4, 0.5) is 0 Å².